The van der Waals surface area contributed by atoms with E-state index in [2.05, 4.69) is 149 Å². The summed E-state index contributed by atoms with van der Waals surface area (Å²) in [5, 5.41) is 16.3. The van der Waals surface area contributed by atoms with Gasteiger partial charge >= 0.3 is 0 Å². The van der Waals surface area contributed by atoms with Gasteiger partial charge in [0.1, 0.15) is 0 Å². The number of hydrogen-bond donors (Lipinski definition) is 0. The molecule has 0 spiro atoms. The first-order valence-corrected chi connectivity index (χ1v) is 16.6. The molecule has 0 fully saturated rings. The van der Waals surface area contributed by atoms with E-state index < -0.39 is 0 Å². The Bertz CT molecular complexity index is 2840. The van der Waals surface area contributed by atoms with E-state index >= 15 is 0 Å². The zero-order valence-corrected chi connectivity index (χ0v) is 26.5. The molecule has 0 heterocycles. The minimum atomic E-state index is -0.152. The van der Waals surface area contributed by atoms with Gasteiger partial charge in [-0.3, -0.25) is 0 Å². The smallest absolute Gasteiger partial charge is 0.0165 e. The van der Waals surface area contributed by atoms with Crippen molar-refractivity contribution in [3.05, 3.63) is 144 Å². The minimum absolute atomic E-state index is 0.111. The summed E-state index contributed by atoms with van der Waals surface area (Å²) in [6.45, 7) is 9.79. The molecule has 2 aliphatic rings. The Morgan fingerprint density at radius 1 is 0.391 bits per heavy atom. The van der Waals surface area contributed by atoms with E-state index in [-0.39, 0.29) is 10.8 Å². The summed E-state index contributed by atoms with van der Waals surface area (Å²) in [6.07, 6.45) is 0. The van der Waals surface area contributed by atoms with E-state index in [4.69, 9.17) is 2.97 Å². The van der Waals surface area contributed by atoms with Gasteiger partial charge in [-0.15, -0.1) is 0 Å². The number of hydrogen-bond acceptors (Lipinski definition) is 0. The molecule has 0 amide bonds. The lowest BCUT2D eigenvalue weighted by Gasteiger charge is -2.25. The lowest BCUT2D eigenvalue weighted by molar-refractivity contribution is 0.655. The van der Waals surface area contributed by atoms with E-state index in [1.807, 2.05) is 0 Å². The predicted molar refractivity (Wildman–Crippen MR) is 200 cm³/mol. The van der Waals surface area contributed by atoms with Gasteiger partial charge in [0.05, 0.1) is 0 Å². The Hall–Kier alpha value is -5.20. The van der Waals surface area contributed by atoms with E-state index in [9.17, 15) is 0 Å². The second-order valence-electron chi connectivity index (χ2n) is 14.9. The number of benzene rings is 9. The molecular weight excluding hydrogens is 553 g/mol. The van der Waals surface area contributed by atoms with Crippen molar-refractivity contribution in [1.82, 2.24) is 0 Å². The van der Waals surface area contributed by atoms with Crippen LogP contribution in [-0.4, -0.2) is 0 Å². The molecule has 0 saturated heterocycles. The van der Waals surface area contributed by atoms with Crippen LogP contribution in [0.2, 0.25) is 0 Å². The summed E-state index contributed by atoms with van der Waals surface area (Å²) in [4.78, 5) is 0. The highest BCUT2D eigenvalue weighted by Crippen LogP contribution is 2.60. The van der Waals surface area contributed by atoms with Gasteiger partial charge in [-0.25, -0.2) is 0 Å². The maximum absolute atomic E-state index is 5.00. The molecule has 0 atom stereocenters. The lowest BCUT2D eigenvalue weighted by atomic mass is 9.77. The zero-order chi connectivity index (χ0) is 32.7. The highest BCUT2D eigenvalue weighted by molar-refractivity contribution is 6.28. The third kappa shape index (κ3) is 2.76. The largest absolute Gasteiger partial charge is 0.0616 e. The quantitative estimate of drug-likeness (QED) is 0.155. The monoisotopic (exact) mass is 588 g/mol. The Balaban J connectivity index is 0.00000145. The Morgan fingerprint density at radius 3 is 1.78 bits per heavy atom. The first-order valence-electron chi connectivity index (χ1n) is 17.6. The standard InChI is InChI=1S/C46H32.H2/c1-45(2)36-24-35-37(23-34(36)42-32-20-19-27-12-9-11-26-16-17-28(22-38(42)45)40(32)39(26)27)46(3,4)44-33-21-18-25-10-5-6-13-29(25)41(33)30-14-7-8-15-31(30)43(35)44;/h5-24H,1-4H3;1H/i;1+1D. The summed E-state index contributed by atoms with van der Waals surface area (Å²) in [5.41, 5.74) is 11.2. The van der Waals surface area contributed by atoms with Crippen molar-refractivity contribution in [2.45, 2.75) is 38.5 Å². The van der Waals surface area contributed by atoms with Crippen molar-refractivity contribution >= 4 is 64.6 Å². The molecule has 0 heteroatoms. The van der Waals surface area contributed by atoms with Crippen LogP contribution in [0.1, 0.15) is 52.9 Å². The van der Waals surface area contributed by atoms with Gasteiger partial charge in [-0.1, -0.05) is 131 Å². The topological polar surface area (TPSA) is 0 Å². The van der Waals surface area contributed by atoms with Crippen molar-refractivity contribution in [3.8, 4) is 22.3 Å². The lowest BCUT2D eigenvalue weighted by Crippen LogP contribution is -2.17. The molecule has 9 aromatic carbocycles. The van der Waals surface area contributed by atoms with Crippen molar-refractivity contribution in [3.63, 3.8) is 0 Å². The van der Waals surface area contributed by atoms with Crippen LogP contribution < -0.4 is 0 Å². The maximum atomic E-state index is 5.00. The fourth-order valence-corrected chi connectivity index (χ4v) is 9.81. The van der Waals surface area contributed by atoms with Crippen molar-refractivity contribution in [2.24, 2.45) is 0 Å². The van der Waals surface area contributed by atoms with Crippen LogP contribution in [0.4, 0.5) is 0 Å². The molecule has 0 bridgehead atoms. The molecular formula is C46H34. The molecule has 11 rings (SSSR count). The number of fused-ring (bicyclic) bond motifs is 14. The van der Waals surface area contributed by atoms with Crippen LogP contribution >= 0.6 is 0 Å². The third-order valence-electron chi connectivity index (χ3n) is 11.9. The fourth-order valence-electron chi connectivity index (χ4n) is 9.81. The van der Waals surface area contributed by atoms with Gasteiger partial charge < -0.3 is 0 Å². The molecule has 0 saturated carbocycles. The van der Waals surface area contributed by atoms with Crippen LogP contribution in [0, 0.1) is 0 Å². The van der Waals surface area contributed by atoms with Crippen LogP contribution in [0.15, 0.2) is 121 Å². The molecule has 0 aliphatic heterocycles. The third-order valence-corrected chi connectivity index (χ3v) is 11.9. The molecule has 46 heavy (non-hydrogen) atoms. The highest BCUT2D eigenvalue weighted by Gasteiger charge is 2.44. The van der Waals surface area contributed by atoms with Gasteiger partial charge in [-0.05, 0) is 127 Å². The second kappa shape index (κ2) is 7.95. The summed E-state index contributed by atoms with van der Waals surface area (Å²) in [7, 11) is 0. The van der Waals surface area contributed by atoms with Crippen molar-refractivity contribution in [2.75, 3.05) is 0 Å². The second-order valence-corrected chi connectivity index (χ2v) is 14.9. The van der Waals surface area contributed by atoms with E-state index in [0.29, 0.717) is 0 Å². The molecule has 0 aromatic heterocycles. The molecule has 2 aliphatic carbocycles. The van der Waals surface area contributed by atoms with E-state index in [1.54, 1.807) is 0 Å². The summed E-state index contributed by atoms with van der Waals surface area (Å²) in [6, 6.07) is 46.5. The van der Waals surface area contributed by atoms with E-state index in [0.717, 1.165) is 0 Å². The molecule has 0 radical (unpaired) electrons. The minimum Gasteiger partial charge on any atom is -0.0616 e. The fraction of sp³-hybridized carbons (Fsp3) is 0.130. The Morgan fingerprint density at radius 2 is 0.978 bits per heavy atom. The summed E-state index contributed by atoms with van der Waals surface area (Å²) in [5.74, 6) is 0. The molecule has 9 aromatic rings. The highest BCUT2D eigenvalue weighted by atomic mass is 14.5. The van der Waals surface area contributed by atoms with Gasteiger partial charge in [0, 0.05) is 13.8 Å². The average Bonchev–Trinajstić information content (AvgIpc) is 3.49. The van der Waals surface area contributed by atoms with Gasteiger partial charge in [0.15, 0.2) is 0 Å². The average molecular weight is 589 g/mol. The van der Waals surface area contributed by atoms with Crippen LogP contribution in [0.3, 0.4) is 0 Å². The predicted octanol–water partition coefficient (Wildman–Crippen LogP) is 12.9. The maximum Gasteiger partial charge on any atom is 0.0165 e. The zero-order valence-electron chi connectivity index (χ0n) is 28.5. The van der Waals surface area contributed by atoms with Gasteiger partial charge in [0.25, 0.3) is 0 Å². The summed E-state index contributed by atoms with van der Waals surface area (Å²) >= 11 is 0. The Kier molecular flexibility index (Phi) is 4.16. The Labute approximate surface area is 271 Å². The van der Waals surface area contributed by atoms with Crippen LogP contribution in [0.25, 0.3) is 86.9 Å². The SMILES string of the molecule is CC1(C)c2cc3c(cc2-c2c1cc1ccc4cccc5ccc2c1c45)C(C)(C)c1c-3c2ccccc2c2c1ccc1ccccc12.[2H][2H]. The molecule has 218 valence electrons. The van der Waals surface area contributed by atoms with Crippen LogP contribution in [0.5, 0.6) is 0 Å². The van der Waals surface area contributed by atoms with Crippen molar-refractivity contribution < 1.29 is 2.97 Å². The number of rotatable bonds is 0. The normalized spacial score (nSPS) is 15.9. The van der Waals surface area contributed by atoms with Crippen molar-refractivity contribution in [1.29, 1.82) is 0 Å². The van der Waals surface area contributed by atoms with Gasteiger partial charge in [-0.2, -0.15) is 0 Å². The molecule has 0 nitrogen and oxygen atoms in total. The molecule has 0 N–H and O–H groups in total. The first kappa shape index (κ1) is 24.1. The van der Waals surface area contributed by atoms with Gasteiger partial charge in [0.2, 0.25) is 0 Å². The molecule has 0 unspecified atom stereocenters. The first-order chi connectivity index (χ1) is 23.3. The van der Waals surface area contributed by atoms with Crippen LogP contribution in [-0.2, 0) is 10.8 Å². The van der Waals surface area contributed by atoms with E-state index in [1.165, 1.54) is 109 Å². The summed E-state index contributed by atoms with van der Waals surface area (Å²) < 4.78 is 10.0.